The second-order valence-corrected chi connectivity index (χ2v) is 7.29. The van der Waals surface area contributed by atoms with E-state index in [1.807, 2.05) is 6.21 Å². The normalized spacial score (nSPS) is 11.3. The van der Waals surface area contributed by atoms with Crippen molar-refractivity contribution in [1.29, 1.82) is 0 Å². The third-order valence-electron chi connectivity index (χ3n) is 3.88. The second kappa shape index (κ2) is 8.88. The first-order chi connectivity index (χ1) is 11.1. The molecule has 0 aliphatic carbocycles. The van der Waals surface area contributed by atoms with Crippen LogP contribution >= 0.6 is 11.3 Å². The Morgan fingerprint density at radius 1 is 1.04 bits per heavy atom. The topological polar surface area (TPSA) is 21.6 Å². The zero-order valence-electron chi connectivity index (χ0n) is 14.7. The molecule has 3 heteroatoms. The highest BCUT2D eigenvalue weighted by atomic mass is 32.1. The Morgan fingerprint density at radius 3 is 2.39 bits per heavy atom. The summed E-state index contributed by atoms with van der Waals surface area (Å²) in [5, 5.41) is 1.05. The van der Waals surface area contributed by atoms with Gasteiger partial charge in [0.15, 0.2) is 0 Å². The van der Waals surface area contributed by atoms with Crippen molar-refractivity contribution in [1.82, 2.24) is 0 Å². The number of hydrogen-bond acceptors (Lipinski definition) is 3. The predicted molar refractivity (Wildman–Crippen MR) is 102 cm³/mol. The van der Waals surface area contributed by atoms with Crippen molar-refractivity contribution in [2.45, 2.75) is 53.4 Å². The van der Waals surface area contributed by atoms with Gasteiger partial charge in [0.05, 0.1) is 6.61 Å². The van der Waals surface area contributed by atoms with Gasteiger partial charge in [0.1, 0.15) is 10.8 Å². The van der Waals surface area contributed by atoms with Gasteiger partial charge in [-0.05, 0) is 68.1 Å². The molecule has 124 valence electrons. The Hall–Kier alpha value is -1.61. The van der Waals surface area contributed by atoms with E-state index in [2.05, 4.69) is 57.0 Å². The van der Waals surface area contributed by atoms with Crippen LogP contribution in [0.5, 0.6) is 5.75 Å². The number of aryl methyl sites for hydroxylation is 3. The quantitative estimate of drug-likeness (QED) is 0.406. The van der Waals surface area contributed by atoms with Crippen LogP contribution in [0.4, 0.5) is 5.00 Å². The Balaban J connectivity index is 2.00. The van der Waals surface area contributed by atoms with Crippen LogP contribution in [0.3, 0.4) is 0 Å². The van der Waals surface area contributed by atoms with Gasteiger partial charge in [-0.2, -0.15) is 0 Å². The monoisotopic (exact) mass is 329 g/mol. The highest BCUT2D eigenvalue weighted by Crippen LogP contribution is 2.25. The van der Waals surface area contributed by atoms with Crippen LogP contribution in [0.15, 0.2) is 29.3 Å². The molecule has 0 fully saturated rings. The van der Waals surface area contributed by atoms with E-state index in [1.54, 1.807) is 11.3 Å². The molecular formula is C20H27NOS. The first-order valence-corrected chi connectivity index (χ1v) is 9.26. The number of benzene rings is 1. The lowest BCUT2D eigenvalue weighted by Crippen LogP contribution is -2.00. The van der Waals surface area contributed by atoms with Crippen molar-refractivity contribution in [2.24, 2.45) is 4.99 Å². The average Bonchev–Trinajstić information content (AvgIpc) is 2.92. The molecule has 0 radical (unpaired) electrons. The van der Waals surface area contributed by atoms with E-state index < -0.39 is 0 Å². The Morgan fingerprint density at radius 2 is 1.78 bits per heavy atom. The SMILES string of the molecule is CCCCCCOc1cc(C)c(C=Nc2ccc(C)s2)c(C)c1. The van der Waals surface area contributed by atoms with Crippen molar-refractivity contribution in [3.63, 3.8) is 0 Å². The molecule has 0 unspecified atom stereocenters. The summed E-state index contributed by atoms with van der Waals surface area (Å²) >= 11 is 1.72. The van der Waals surface area contributed by atoms with Gasteiger partial charge >= 0.3 is 0 Å². The summed E-state index contributed by atoms with van der Waals surface area (Å²) in [6, 6.07) is 8.41. The zero-order chi connectivity index (χ0) is 16.7. The van der Waals surface area contributed by atoms with Gasteiger partial charge in [-0.15, -0.1) is 11.3 Å². The summed E-state index contributed by atoms with van der Waals surface area (Å²) in [5.41, 5.74) is 3.62. The molecule has 1 aromatic heterocycles. The number of aliphatic imine (C=N–C) groups is 1. The van der Waals surface area contributed by atoms with Crippen molar-refractivity contribution in [3.05, 3.63) is 45.8 Å². The van der Waals surface area contributed by atoms with E-state index in [4.69, 9.17) is 4.74 Å². The predicted octanol–water partition coefficient (Wildman–Crippen LogP) is 6.38. The third-order valence-corrected chi connectivity index (χ3v) is 4.79. The van der Waals surface area contributed by atoms with Gasteiger partial charge in [-0.25, -0.2) is 4.99 Å². The highest BCUT2D eigenvalue weighted by molar-refractivity contribution is 7.15. The number of rotatable bonds is 8. The fourth-order valence-corrected chi connectivity index (χ4v) is 3.27. The molecule has 1 aromatic carbocycles. The second-order valence-electron chi connectivity index (χ2n) is 6.02. The minimum Gasteiger partial charge on any atom is -0.494 e. The molecule has 1 heterocycles. The van der Waals surface area contributed by atoms with E-state index >= 15 is 0 Å². The largest absolute Gasteiger partial charge is 0.494 e. The number of thiophene rings is 1. The molecule has 2 aromatic rings. The third kappa shape index (κ3) is 5.51. The van der Waals surface area contributed by atoms with Crippen molar-refractivity contribution in [3.8, 4) is 5.75 Å². The lowest BCUT2D eigenvalue weighted by molar-refractivity contribution is 0.304. The number of nitrogens with zero attached hydrogens (tertiary/aromatic N) is 1. The molecule has 0 aliphatic rings. The maximum atomic E-state index is 5.89. The summed E-state index contributed by atoms with van der Waals surface area (Å²) in [5.74, 6) is 0.973. The van der Waals surface area contributed by atoms with Crippen molar-refractivity contribution < 1.29 is 4.74 Å². The van der Waals surface area contributed by atoms with Crippen LogP contribution in [-0.2, 0) is 0 Å². The minimum atomic E-state index is 0.806. The summed E-state index contributed by atoms with van der Waals surface area (Å²) in [7, 11) is 0. The summed E-state index contributed by atoms with van der Waals surface area (Å²) < 4.78 is 5.89. The first-order valence-electron chi connectivity index (χ1n) is 8.44. The van der Waals surface area contributed by atoms with E-state index in [0.717, 1.165) is 23.8 Å². The first kappa shape index (κ1) is 17.7. The maximum absolute atomic E-state index is 5.89. The van der Waals surface area contributed by atoms with Crippen molar-refractivity contribution >= 4 is 22.6 Å². The Bertz CT molecular complexity index is 634. The van der Waals surface area contributed by atoms with Gasteiger partial charge in [-0.1, -0.05) is 26.2 Å². The lowest BCUT2D eigenvalue weighted by atomic mass is 10.0. The molecule has 0 spiro atoms. The fraction of sp³-hybridized carbons (Fsp3) is 0.450. The van der Waals surface area contributed by atoms with Gasteiger partial charge in [0.2, 0.25) is 0 Å². The summed E-state index contributed by atoms with van der Waals surface area (Å²) in [6.07, 6.45) is 6.91. The van der Waals surface area contributed by atoms with Crippen LogP contribution in [0, 0.1) is 20.8 Å². The molecule has 2 nitrogen and oxygen atoms in total. The Kier molecular flexibility index (Phi) is 6.85. The molecule has 0 N–H and O–H groups in total. The van der Waals surface area contributed by atoms with Gasteiger partial charge < -0.3 is 4.74 Å². The molecule has 0 saturated carbocycles. The molecule has 0 saturated heterocycles. The molecule has 0 aliphatic heterocycles. The van der Waals surface area contributed by atoms with Gasteiger partial charge in [0, 0.05) is 11.1 Å². The molecule has 0 atom stereocenters. The van der Waals surface area contributed by atoms with E-state index in [1.165, 1.54) is 40.8 Å². The number of hydrogen-bond donors (Lipinski definition) is 0. The standard InChI is InChI=1S/C20H27NOS/c1-5-6-7-8-11-22-18-12-15(2)19(16(3)13-18)14-21-20-10-9-17(4)23-20/h9-10,12-14H,5-8,11H2,1-4H3. The number of unbranched alkanes of at least 4 members (excludes halogenated alkanes) is 3. The number of ether oxygens (including phenoxy) is 1. The van der Waals surface area contributed by atoms with Crippen LogP contribution in [0.25, 0.3) is 0 Å². The molecule has 2 rings (SSSR count). The molecular weight excluding hydrogens is 302 g/mol. The zero-order valence-corrected chi connectivity index (χ0v) is 15.5. The van der Waals surface area contributed by atoms with Crippen molar-refractivity contribution in [2.75, 3.05) is 6.61 Å². The van der Waals surface area contributed by atoms with E-state index in [9.17, 15) is 0 Å². The van der Waals surface area contributed by atoms with Gasteiger partial charge in [0.25, 0.3) is 0 Å². The maximum Gasteiger partial charge on any atom is 0.119 e. The minimum absolute atomic E-state index is 0.806. The average molecular weight is 330 g/mol. The van der Waals surface area contributed by atoms with Gasteiger partial charge in [-0.3, -0.25) is 0 Å². The lowest BCUT2D eigenvalue weighted by Gasteiger charge is -2.11. The van der Waals surface area contributed by atoms with E-state index in [0.29, 0.717) is 0 Å². The molecule has 0 amide bonds. The van der Waals surface area contributed by atoms with E-state index in [-0.39, 0.29) is 0 Å². The van der Waals surface area contributed by atoms with Crippen LogP contribution < -0.4 is 4.74 Å². The summed E-state index contributed by atoms with van der Waals surface area (Å²) in [6.45, 7) is 9.38. The van der Waals surface area contributed by atoms with Crippen LogP contribution in [0.2, 0.25) is 0 Å². The summed E-state index contributed by atoms with van der Waals surface area (Å²) in [4.78, 5) is 5.89. The molecule has 23 heavy (non-hydrogen) atoms. The Labute approximate surface area is 144 Å². The van der Waals surface area contributed by atoms with Crippen LogP contribution in [0.1, 0.15) is 54.2 Å². The molecule has 0 bridgehead atoms. The van der Waals surface area contributed by atoms with Crippen LogP contribution in [-0.4, -0.2) is 12.8 Å². The smallest absolute Gasteiger partial charge is 0.119 e. The highest BCUT2D eigenvalue weighted by Gasteiger charge is 2.05. The fourth-order valence-electron chi connectivity index (χ4n) is 2.56.